The lowest BCUT2D eigenvalue weighted by atomic mass is 10.2. The third-order valence-electron chi connectivity index (χ3n) is 4.56. The summed E-state index contributed by atoms with van der Waals surface area (Å²) in [6.07, 6.45) is 0.780. The third kappa shape index (κ3) is 5.59. The summed E-state index contributed by atoms with van der Waals surface area (Å²) >= 11 is 0. The van der Waals surface area contributed by atoms with Crippen molar-refractivity contribution in [2.24, 2.45) is 0 Å². The summed E-state index contributed by atoms with van der Waals surface area (Å²) in [6.45, 7) is 4.87. The Balaban J connectivity index is 2.19. The fourth-order valence-electron chi connectivity index (χ4n) is 3.16. The van der Waals surface area contributed by atoms with E-state index in [1.54, 1.807) is 0 Å². The van der Waals surface area contributed by atoms with Crippen LogP contribution in [0.15, 0.2) is 23.1 Å². The van der Waals surface area contributed by atoms with Crippen LogP contribution in [0.4, 0.5) is 0 Å². The fourth-order valence-corrected chi connectivity index (χ4v) is 7.89. The molecule has 1 fully saturated rings. The van der Waals surface area contributed by atoms with Crippen LogP contribution in [-0.4, -0.2) is 73.1 Å². The van der Waals surface area contributed by atoms with Gasteiger partial charge < -0.3 is 19.5 Å². The van der Waals surface area contributed by atoms with Crippen LogP contribution < -0.4 is 14.8 Å². The quantitative estimate of drug-likeness (QED) is 0.543. The van der Waals surface area contributed by atoms with Crippen molar-refractivity contribution in [1.82, 2.24) is 5.32 Å². The highest BCUT2D eigenvalue weighted by Gasteiger charge is 2.45. The summed E-state index contributed by atoms with van der Waals surface area (Å²) in [4.78, 5) is 0.0159. The molecule has 0 amide bonds. The Kier molecular flexibility index (Phi) is 7.72. The molecule has 0 radical (unpaired) electrons. The van der Waals surface area contributed by atoms with Crippen molar-refractivity contribution in [2.45, 2.75) is 42.6 Å². The predicted octanol–water partition coefficient (Wildman–Crippen LogP) is 1.05. The zero-order valence-electron chi connectivity index (χ0n) is 16.7. The maximum atomic E-state index is 13.2. The van der Waals surface area contributed by atoms with Crippen molar-refractivity contribution in [3.8, 4) is 11.5 Å². The number of hydrogen-bond acceptors (Lipinski definition) is 8. The van der Waals surface area contributed by atoms with Crippen LogP contribution in [-0.2, 0) is 24.4 Å². The average Bonchev–Trinajstić information content (AvgIpc) is 2.95. The third-order valence-corrected chi connectivity index (χ3v) is 8.71. The normalized spacial score (nSPS) is 21.8. The molecule has 2 atom stereocenters. The zero-order chi connectivity index (χ0) is 20.9. The van der Waals surface area contributed by atoms with Gasteiger partial charge in [-0.15, -0.1) is 0 Å². The molecule has 0 unspecified atom stereocenters. The molecule has 0 aliphatic carbocycles. The molecule has 1 N–H and O–H groups in total. The first kappa shape index (κ1) is 22.9. The molecule has 1 aliphatic rings. The van der Waals surface area contributed by atoms with E-state index in [-0.39, 0.29) is 22.5 Å². The molecule has 160 valence electrons. The number of methoxy groups -OCH3 is 2. The lowest BCUT2D eigenvalue weighted by molar-refractivity contribution is 0.0768. The van der Waals surface area contributed by atoms with Crippen LogP contribution in [0.3, 0.4) is 0 Å². The van der Waals surface area contributed by atoms with Gasteiger partial charge in [0.1, 0.15) is 0 Å². The predicted molar refractivity (Wildman–Crippen MR) is 107 cm³/mol. The SMILES string of the molecule is COc1ccc(S(=O)(=O)[C@H]2CS(=O)(=O)C[C@@H]2NCCCOC(C)C)cc1OC. The number of ether oxygens (including phenoxy) is 3. The smallest absolute Gasteiger partial charge is 0.183 e. The first-order chi connectivity index (χ1) is 13.1. The maximum absolute atomic E-state index is 13.2. The second-order valence-electron chi connectivity index (χ2n) is 7.01. The summed E-state index contributed by atoms with van der Waals surface area (Å²) in [5, 5.41) is 2.04. The van der Waals surface area contributed by atoms with E-state index in [4.69, 9.17) is 14.2 Å². The minimum absolute atomic E-state index is 0.0159. The Hall–Kier alpha value is -1.36. The van der Waals surface area contributed by atoms with Crippen LogP contribution in [0.2, 0.25) is 0 Å². The second kappa shape index (κ2) is 9.43. The summed E-state index contributed by atoms with van der Waals surface area (Å²) in [5.74, 6) is 0.0825. The van der Waals surface area contributed by atoms with Gasteiger partial charge in [-0.1, -0.05) is 0 Å². The van der Waals surface area contributed by atoms with Crippen LogP contribution in [0.5, 0.6) is 11.5 Å². The molecule has 0 spiro atoms. The molecule has 0 aromatic heterocycles. The molecule has 1 aromatic rings. The van der Waals surface area contributed by atoms with Gasteiger partial charge in [0.15, 0.2) is 31.2 Å². The van der Waals surface area contributed by atoms with Crippen molar-refractivity contribution in [3.63, 3.8) is 0 Å². The Morgan fingerprint density at radius 2 is 1.82 bits per heavy atom. The van der Waals surface area contributed by atoms with Gasteiger partial charge in [-0.3, -0.25) is 0 Å². The number of benzene rings is 1. The van der Waals surface area contributed by atoms with Crippen molar-refractivity contribution < 1.29 is 31.0 Å². The highest BCUT2D eigenvalue weighted by Crippen LogP contribution is 2.33. The molecule has 0 bridgehead atoms. The number of sulfone groups is 2. The van der Waals surface area contributed by atoms with E-state index in [0.29, 0.717) is 25.3 Å². The molecule has 0 saturated carbocycles. The van der Waals surface area contributed by atoms with E-state index in [1.807, 2.05) is 13.8 Å². The lowest BCUT2D eigenvalue weighted by Crippen LogP contribution is -2.43. The molecular formula is C18H29NO7S2. The molecule has 1 heterocycles. The summed E-state index contributed by atoms with van der Waals surface area (Å²) in [5.41, 5.74) is 0. The van der Waals surface area contributed by atoms with E-state index in [9.17, 15) is 16.8 Å². The maximum Gasteiger partial charge on any atom is 0.183 e. The first-order valence-electron chi connectivity index (χ1n) is 9.12. The van der Waals surface area contributed by atoms with Crippen molar-refractivity contribution in [3.05, 3.63) is 18.2 Å². The second-order valence-corrected chi connectivity index (χ2v) is 11.3. The van der Waals surface area contributed by atoms with Gasteiger partial charge >= 0.3 is 0 Å². The minimum Gasteiger partial charge on any atom is -0.493 e. The summed E-state index contributed by atoms with van der Waals surface area (Å²) < 4.78 is 66.4. The molecule has 1 aromatic carbocycles. The molecule has 1 saturated heterocycles. The van der Waals surface area contributed by atoms with Gasteiger partial charge in [0.25, 0.3) is 0 Å². The Morgan fingerprint density at radius 3 is 2.43 bits per heavy atom. The molecule has 2 rings (SSSR count). The van der Waals surface area contributed by atoms with Gasteiger partial charge in [-0.05, 0) is 38.9 Å². The van der Waals surface area contributed by atoms with Crippen LogP contribution in [0.1, 0.15) is 20.3 Å². The van der Waals surface area contributed by atoms with E-state index in [0.717, 1.165) is 0 Å². The highest BCUT2D eigenvalue weighted by molar-refractivity contribution is 7.96. The molecule has 8 nitrogen and oxygen atoms in total. The van der Waals surface area contributed by atoms with E-state index in [2.05, 4.69) is 5.32 Å². The number of hydrogen-bond donors (Lipinski definition) is 1. The largest absolute Gasteiger partial charge is 0.493 e. The van der Waals surface area contributed by atoms with Gasteiger partial charge in [0.2, 0.25) is 0 Å². The van der Waals surface area contributed by atoms with E-state index >= 15 is 0 Å². The molecular weight excluding hydrogens is 406 g/mol. The standard InChI is InChI=1S/C18H29NO7S2/c1-13(2)26-9-5-8-19-15-11-27(20,21)12-18(15)28(22,23)14-6-7-16(24-3)17(10-14)25-4/h6-7,10,13,15,18-19H,5,8-9,11-12H2,1-4H3/t15-,18-/m0/s1. The Labute approximate surface area is 167 Å². The van der Waals surface area contributed by atoms with Crippen molar-refractivity contribution in [1.29, 1.82) is 0 Å². The number of rotatable bonds is 10. The van der Waals surface area contributed by atoms with Gasteiger partial charge in [-0.2, -0.15) is 0 Å². The van der Waals surface area contributed by atoms with E-state index in [1.165, 1.54) is 32.4 Å². The zero-order valence-corrected chi connectivity index (χ0v) is 18.3. The fraction of sp³-hybridized carbons (Fsp3) is 0.667. The van der Waals surface area contributed by atoms with E-state index < -0.39 is 36.7 Å². The number of nitrogens with one attached hydrogen (secondary N) is 1. The monoisotopic (exact) mass is 435 g/mol. The Bertz CT molecular complexity index is 866. The molecule has 1 aliphatic heterocycles. The van der Waals surface area contributed by atoms with Gasteiger partial charge in [0, 0.05) is 18.7 Å². The van der Waals surface area contributed by atoms with Crippen LogP contribution in [0.25, 0.3) is 0 Å². The molecule has 28 heavy (non-hydrogen) atoms. The van der Waals surface area contributed by atoms with Crippen LogP contribution >= 0.6 is 0 Å². The van der Waals surface area contributed by atoms with Gasteiger partial charge in [0.05, 0.1) is 42.0 Å². The summed E-state index contributed by atoms with van der Waals surface area (Å²) in [7, 11) is -4.46. The first-order valence-corrected chi connectivity index (χ1v) is 12.5. The lowest BCUT2D eigenvalue weighted by Gasteiger charge is -2.20. The highest BCUT2D eigenvalue weighted by atomic mass is 32.2. The Morgan fingerprint density at radius 1 is 1.14 bits per heavy atom. The van der Waals surface area contributed by atoms with Crippen molar-refractivity contribution >= 4 is 19.7 Å². The summed E-state index contributed by atoms with van der Waals surface area (Å²) in [6, 6.07) is 3.62. The minimum atomic E-state index is -3.88. The average molecular weight is 436 g/mol. The topological polar surface area (TPSA) is 108 Å². The molecule has 10 heteroatoms. The van der Waals surface area contributed by atoms with Gasteiger partial charge in [-0.25, -0.2) is 16.8 Å². The van der Waals surface area contributed by atoms with Crippen molar-refractivity contribution in [2.75, 3.05) is 38.9 Å². The van der Waals surface area contributed by atoms with Crippen LogP contribution in [0, 0.1) is 0 Å².